The van der Waals surface area contributed by atoms with Gasteiger partial charge in [0.25, 0.3) is 0 Å². The first-order valence-electron chi connectivity index (χ1n) is 6.86. The van der Waals surface area contributed by atoms with Gasteiger partial charge in [0.2, 0.25) is 5.91 Å². The number of hydrogen-bond donors (Lipinski definition) is 2. The van der Waals surface area contributed by atoms with Gasteiger partial charge in [0.05, 0.1) is 0 Å². The Kier molecular flexibility index (Phi) is 4.70. The third-order valence-electron chi connectivity index (χ3n) is 3.59. The molecule has 0 aliphatic rings. The van der Waals surface area contributed by atoms with Gasteiger partial charge in [-0.25, -0.2) is 4.39 Å². The van der Waals surface area contributed by atoms with Crippen LogP contribution in [0, 0.1) is 12.7 Å². The number of aryl methyl sites for hydroxylation is 1. The number of primary amides is 1. The predicted octanol–water partition coefficient (Wildman–Crippen LogP) is 3.08. The molecule has 0 heterocycles. The zero-order valence-corrected chi connectivity index (χ0v) is 12.2. The van der Waals surface area contributed by atoms with Crippen LogP contribution in [0.5, 0.6) is 0 Å². The molecule has 21 heavy (non-hydrogen) atoms. The van der Waals surface area contributed by atoms with Gasteiger partial charge in [-0.3, -0.25) is 4.79 Å². The Morgan fingerprint density at radius 1 is 1.29 bits per heavy atom. The third kappa shape index (κ3) is 3.67. The minimum Gasteiger partial charge on any atom is -0.366 e. The van der Waals surface area contributed by atoms with E-state index < -0.39 is 11.7 Å². The van der Waals surface area contributed by atoms with Gasteiger partial charge < -0.3 is 11.1 Å². The second kappa shape index (κ2) is 6.50. The van der Waals surface area contributed by atoms with E-state index in [1.165, 1.54) is 17.2 Å². The van der Waals surface area contributed by atoms with Crippen LogP contribution in [0.15, 0.2) is 42.5 Å². The summed E-state index contributed by atoms with van der Waals surface area (Å²) in [6, 6.07) is 12.5. The van der Waals surface area contributed by atoms with Crippen molar-refractivity contribution in [1.29, 1.82) is 0 Å². The second-order valence-corrected chi connectivity index (χ2v) is 5.13. The van der Waals surface area contributed by atoms with Crippen LogP contribution in [-0.2, 0) is 6.54 Å². The van der Waals surface area contributed by atoms with Crippen molar-refractivity contribution in [2.24, 2.45) is 5.73 Å². The average Bonchev–Trinajstić information content (AvgIpc) is 2.46. The van der Waals surface area contributed by atoms with Gasteiger partial charge in [0.1, 0.15) is 5.82 Å². The highest BCUT2D eigenvalue weighted by Gasteiger charge is 2.10. The Bertz CT molecular complexity index is 655. The van der Waals surface area contributed by atoms with Crippen LogP contribution >= 0.6 is 0 Å². The molecule has 0 aromatic heterocycles. The highest BCUT2D eigenvalue weighted by molar-refractivity contribution is 5.92. The molecule has 0 fully saturated rings. The number of rotatable bonds is 5. The van der Waals surface area contributed by atoms with Crippen LogP contribution < -0.4 is 11.1 Å². The minimum absolute atomic E-state index is 0.112. The van der Waals surface area contributed by atoms with Crippen LogP contribution in [-0.4, -0.2) is 5.91 Å². The Labute approximate surface area is 124 Å². The van der Waals surface area contributed by atoms with E-state index in [1.54, 1.807) is 12.1 Å². The Morgan fingerprint density at radius 3 is 2.62 bits per heavy atom. The van der Waals surface area contributed by atoms with Crippen LogP contribution in [0.1, 0.15) is 40.0 Å². The van der Waals surface area contributed by atoms with E-state index in [2.05, 4.69) is 24.4 Å². The number of nitrogens with two attached hydrogens (primary N) is 1. The molecule has 1 unspecified atom stereocenters. The molecular formula is C17H19FN2O. The molecule has 4 heteroatoms. The summed E-state index contributed by atoms with van der Waals surface area (Å²) in [5, 5.41) is 3.29. The maximum atomic E-state index is 13.9. The maximum absolute atomic E-state index is 13.9. The Balaban J connectivity index is 2.06. The largest absolute Gasteiger partial charge is 0.366 e. The van der Waals surface area contributed by atoms with Crippen molar-refractivity contribution in [3.63, 3.8) is 0 Å². The summed E-state index contributed by atoms with van der Waals surface area (Å²) in [7, 11) is 0. The highest BCUT2D eigenvalue weighted by Crippen LogP contribution is 2.18. The molecule has 1 amide bonds. The van der Waals surface area contributed by atoms with Crippen LogP contribution in [0.3, 0.4) is 0 Å². The van der Waals surface area contributed by atoms with Crippen molar-refractivity contribution < 1.29 is 9.18 Å². The number of benzene rings is 2. The number of nitrogens with one attached hydrogen (secondary N) is 1. The van der Waals surface area contributed by atoms with E-state index in [-0.39, 0.29) is 11.6 Å². The van der Waals surface area contributed by atoms with Crippen molar-refractivity contribution in [2.75, 3.05) is 0 Å². The highest BCUT2D eigenvalue weighted by atomic mass is 19.1. The van der Waals surface area contributed by atoms with Crippen LogP contribution in [0.2, 0.25) is 0 Å². The molecule has 1 atom stereocenters. The summed E-state index contributed by atoms with van der Waals surface area (Å²) in [6.07, 6.45) is 0. The van der Waals surface area contributed by atoms with Crippen LogP contribution in [0.25, 0.3) is 0 Å². The molecule has 3 N–H and O–H groups in total. The van der Waals surface area contributed by atoms with Crippen molar-refractivity contribution >= 4 is 5.91 Å². The Hall–Kier alpha value is -2.20. The van der Waals surface area contributed by atoms with Gasteiger partial charge in [-0.15, -0.1) is 0 Å². The topological polar surface area (TPSA) is 55.1 Å². The molecule has 2 aromatic carbocycles. The van der Waals surface area contributed by atoms with Crippen LogP contribution in [0.4, 0.5) is 4.39 Å². The lowest BCUT2D eigenvalue weighted by molar-refractivity contribution is 0.1000. The SMILES string of the molecule is Cc1ccccc1C(C)NCc1ccc(C(N)=O)cc1F. The van der Waals surface area contributed by atoms with Gasteiger partial charge in [0.15, 0.2) is 0 Å². The summed E-state index contributed by atoms with van der Waals surface area (Å²) in [4.78, 5) is 11.0. The third-order valence-corrected chi connectivity index (χ3v) is 3.59. The number of carbonyl (C=O) groups excluding carboxylic acids is 1. The molecule has 0 spiro atoms. The lowest BCUT2D eigenvalue weighted by Gasteiger charge is -2.17. The Morgan fingerprint density at radius 2 is 2.00 bits per heavy atom. The van der Waals surface area contributed by atoms with Gasteiger partial charge in [-0.05, 0) is 37.1 Å². The van der Waals surface area contributed by atoms with E-state index in [1.807, 2.05) is 19.1 Å². The molecule has 2 rings (SSSR count). The first kappa shape index (κ1) is 15.2. The summed E-state index contributed by atoms with van der Waals surface area (Å²) >= 11 is 0. The fraction of sp³-hybridized carbons (Fsp3) is 0.235. The molecule has 0 aliphatic carbocycles. The molecular weight excluding hydrogens is 267 g/mol. The van der Waals surface area contributed by atoms with Crippen molar-refractivity contribution in [2.45, 2.75) is 26.4 Å². The summed E-state index contributed by atoms with van der Waals surface area (Å²) in [5.74, 6) is -1.04. The fourth-order valence-electron chi connectivity index (χ4n) is 2.29. The van der Waals surface area contributed by atoms with Crippen molar-refractivity contribution in [1.82, 2.24) is 5.32 Å². The monoisotopic (exact) mass is 286 g/mol. The summed E-state index contributed by atoms with van der Waals surface area (Å²) in [5.41, 5.74) is 8.21. The second-order valence-electron chi connectivity index (χ2n) is 5.13. The normalized spacial score (nSPS) is 12.1. The van der Waals surface area contributed by atoms with E-state index in [9.17, 15) is 9.18 Å². The van der Waals surface area contributed by atoms with E-state index in [0.717, 1.165) is 0 Å². The molecule has 2 aromatic rings. The molecule has 0 radical (unpaired) electrons. The zero-order chi connectivity index (χ0) is 15.4. The van der Waals surface area contributed by atoms with E-state index in [0.29, 0.717) is 12.1 Å². The molecule has 0 bridgehead atoms. The minimum atomic E-state index is -0.623. The molecule has 0 saturated carbocycles. The maximum Gasteiger partial charge on any atom is 0.248 e. The van der Waals surface area contributed by atoms with E-state index in [4.69, 9.17) is 5.73 Å². The van der Waals surface area contributed by atoms with Gasteiger partial charge in [0, 0.05) is 23.7 Å². The molecule has 0 aliphatic heterocycles. The van der Waals surface area contributed by atoms with Crippen molar-refractivity contribution in [3.05, 3.63) is 70.5 Å². The van der Waals surface area contributed by atoms with Gasteiger partial charge in [-0.2, -0.15) is 0 Å². The number of carbonyl (C=O) groups is 1. The van der Waals surface area contributed by atoms with E-state index >= 15 is 0 Å². The lowest BCUT2D eigenvalue weighted by atomic mass is 10.0. The fourth-order valence-corrected chi connectivity index (χ4v) is 2.29. The van der Waals surface area contributed by atoms with Crippen molar-refractivity contribution in [3.8, 4) is 0 Å². The quantitative estimate of drug-likeness (QED) is 0.887. The number of hydrogen-bond acceptors (Lipinski definition) is 2. The average molecular weight is 286 g/mol. The standard InChI is InChI=1S/C17H19FN2O/c1-11-5-3-4-6-15(11)12(2)20-10-14-8-7-13(17(19)21)9-16(14)18/h3-9,12,20H,10H2,1-2H3,(H2,19,21). The summed E-state index contributed by atoms with van der Waals surface area (Å²) in [6.45, 7) is 4.48. The van der Waals surface area contributed by atoms with Gasteiger partial charge in [-0.1, -0.05) is 30.3 Å². The lowest BCUT2D eigenvalue weighted by Crippen LogP contribution is -2.20. The first-order chi connectivity index (χ1) is 9.99. The summed E-state index contributed by atoms with van der Waals surface area (Å²) < 4.78 is 13.9. The number of amides is 1. The smallest absolute Gasteiger partial charge is 0.248 e. The number of halogens is 1. The first-order valence-corrected chi connectivity index (χ1v) is 6.86. The predicted molar refractivity (Wildman–Crippen MR) is 81.4 cm³/mol. The molecule has 0 saturated heterocycles. The van der Waals surface area contributed by atoms with Gasteiger partial charge >= 0.3 is 0 Å². The zero-order valence-electron chi connectivity index (χ0n) is 12.2. The molecule has 3 nitrogen and oxygen atoms in total. The molecule has 110 valence electrons.